The Morgan fingerprint density at radius 1 is 1.00 bits per heavy atom. The molecule has 0 saturated heterocycles. The average Bonchev–Trinajstić information content (AvgIpc) is 2.70. The molecule has 0 bridgehead atoms. The number of hydrogen-bond acceptors (Lipinski definition) is 4. The van der Waals surface area contributed by atoms with E-state index in [0.717, 1.165) is 23.4 Å². The van der Waals surface area contributed by atoms with E-state index >= 15 is 0 Å². The molecule has 30 heavy (non-hydrogen) atoms. The van der Waals surface area contributed by atoms with Crippen LogP contribution < -0.4 is 9.62 Å². The lowest BCUT2D eigenvalue weighted by atomic mass is 10.1. The average molecular weight is 432 g/mol. The van der Waals surface area contributed by atoms with E-state index in [9.17, 15) is 18.0 Å². The van der Waals surface area contributed by atoms with Crippen LogP contribution in [0.2, 0.25) is 0 Å². The zero-order valence-electron chi connectivity index (χ0n) is 17.8. The molecule has 0 aliphatic heterocycles. The van der Waals surface area contributed by atoms with E-state index in [2.05, 4.69) is 5.32 Å². The smallest absolute Gasteiger partial charge is 0.253 e. The molecule has 0 saturated carbocycles. The number of rotatable bonds is 9. The molecular formula is C22H29N3O4S. The Morgan fingerprint density at radius 3 is 2.13 bits per heavy atom. The van der Waals surface area contributed by atoms with E-state index in [1.165, 1.54) is 22.6 Å². The number of carbonyl (C=O) groups is 2. The van der Waals surface area contributed by atoms with Crippen LogP contribution in [-0.2, 0) is 21.2 Å². The largest absolute Gasteiger partial charge is 0.352 e. The summed E-state index contributed by atoms with van der Waals surface area (Å²) in [5.41, 5.74) is 1.96. The summed E-state index contributed by atoms with van der Waals surface area (Å²) in [6.07, 6.45) is 2.62. The zero-order chi connectivity index (χ0) is 22.3. The van der Waals surface area contributed by atoms with Gasteiger partial charge in [0.15, 0.2) is 0 Å². The van der Waals surface area contributed by atoms with Gasteiger partial charge in [-0.2, -0.15) is 0 Å². The summed E-state index contributed by atoms with van der Waals surface area (Å²) in [6, 6.07) is 16.0. The molecule has 2 amide bonds. The van der Waals surface area contributed by atoms with E-state index in [-0.39, 0.29) is 24.4 Å². The third-order valence-electron chi connectivity index (χ3n) is 4.61. The van der Waals surface area contributed by atoms with Crippen LogP contribution >= 0.6 is 0 Å². The number of aryl methyl sites for hydroxylation is 1. The number of benzene rings is 2. The van der Waals surface area contributed by atoms with Gasteiger partial charge in [0, 0.05) is 25.7 Å². The van der Waals surface area contributed by atoms with E-state index in [1.54, 1.807) is 26.2 Å². The molecule has 1 N–H and O–H groups in total. The lowest BCUT2D eigenvalue weighted by Gasteiger charge is -2.23. The molecule has 162 valence electrons. The van der Waals surface area contributed by atoms with Gasteiger partial charge >= 0.3 is 0 Å². The molecule has 0 fully saturated rings. The summed E-state index contributed by atoms with van der Waals surface area (Å²) < 4.78 is 25.6. The van der Waals surface area contributed by atoms with E-state index in [1.807, 2.05) is 37.3 Å². The first-order valence-electron chi connectivity index (χ1n) is 9.70. The van der Waals surface area contributed by atoms with Crippen molar-refractivity contribution in [3.8, 4) is 0 Å². The molecule has 0 aliphatic carbocycles. The minimum absolute atomic E-state index is 0.0980. The molecular weight excluding hydrogens is 402 g/mol. The van der Waals surface area contributed by atoms with Crippen molar-refractivity contribution in [2.75, 3.05) is 31.2 Å². The van der Waals surface area contributed by atoms with Crippen LogP contribution in [0.1, 0.15) is 29.3 Å². The molecule has 8 heteroatoms. The Bertz CT molecular complexity index is 958. The van der Waals surface area contributed by atoms with Gasteiger partial charge < -0.3 is 10.2 Å². The minimum Gasteiger partial charge on any atom is -0.352 e. The van der Waals surface area contributed by atoms with Crippen LogP contribution in [0.25, 0.3) is 0 Å². The van der Waals surface area contributed by atoms with Gasteiger partial charge in [-0.15, -0.1) is 0 Å². The van der Waals surface area contributed by atoms with Crippen LogP contribution in [0.4, 0.5) is 5.69 Å². The van der Waals surface area contributed by atoms with Gasteiger partial charge in [0.25, 0.3) is 5.91 Å². The minimum atomic E-state index is -3.68. The number of hydrogen-bond donors (Lipinski definition) is 1. The fourth-order valence-corrected chi connectivity index (χ4v) is 3.84. The van der Waals surface area contributed by atoms with Gasteiger partial charge in [-0.3, -0.25) is 13.9 Å². The molecule has 2 aromatic carbocycles. The van der Waals surface area contributed by atoms with Gasteiger partial charge in [-0.25, -0.2) is 8.42 Å². The standard InChI is InChI=1S/C22H29N3O4S/c1-17(10-11-18-8-6-5-7-9-18)23-21(26)16-25(30(4,28)29)20-14-12-19(13-15-20)22(27)24(2)3/h5-9,12-15,17H,10-11,16H2,1-4H3,(H,23,26). The molecule has 2 rings (SSSR count). The monoisotopic (exact) mass is 431 g/mol. The van der Waals surface area contributed by atoms with Crippen LogP contribution in [0.15, 0.2) is 54.6 Å². The lowest BCUT2D eigenvalue weighted by molar-refractivity contribution is -0.120. The van der Waals surface area contributed by atoms with Crippen LogP contribution in [0, 0.1) is 0 Å². The Kier molecular flexibility index (Phi) is 8.00. The molecule has 0 radical (unpaired) electrons. The first-order valence-corrected chi connectivity index (χ1v) is 11.6. The zero-order valence-corrected chi connectivity index (χ0v) is 18.6. The molecule has 0 aliphatic rings. The van der Waals surface area contributed by atoms with Crippen molar-refractivity contribution in [1.29, 1.82) is 0 Å². The summed E-state index contributed by atoms with van der Waals surface area (Å²) in [5, 5.41) is 2.86. The highest BCUT2D eigenvalue weighted by molar-refractivity contribution is 7.92. The number of nitrogens with one attached hydrogen (secondary N) is 1. The second kappa shape index (κ2) is 10.2. The van der Waals surface area contributed by atoms with E-state index in [4.69, 9.17) is 0 Å². The summed E-state index contributed by atoms with van der Waals surface area (Å²) in [4.78, 5) is 25.9. The van der Waals surface area contributed by atoms with Crippen molar-refractivity contribution in [3.63, 3.8) is 0 Å². The quantitative estimate of drug-likeness (QED) is 0.660. The predicted octanol–water partition coefficient (Wildman–Crippen LogP) is 2.29. The van der Waals surface area contributed by atoms with E-state index in [0.29, 0.717) is 11.3 Å². The molecule has 0 spiro atoms. The SMILES string of the molecule is CC(CCc1ccccc1)NC(=O)CN(c1ccc(C(=O)N(C)C)cc1)S(C)(=O)=O. The van der Waals surface area contributed by atoms with Crippen molar-refractivity contribution in [2.24, 2.45) is 0 Å². The third-order valence-corrected chi connectivity index (χ3v) is 5.75. The summed E-state index contributed by atoms with van der Waals surface area (Å²) in [5.74, 6) is -0.563. The molecule has 0 heterocycles. The molecule has 1 unspecified atom stereocenters. The summed E-state index contributed by atoms with van der Waals surface area (Å²) in [6.45, 7) is 1.57. The van der Waals surface area contributed by atoms with Crippen molar-refractivity contribution >= 4 is 27.5 Å². The molecule has 2 aromatic rings. The highest BCUT2D eigenvalue weighted by atomic mass is 32.2. The van der Waals surface area contributed by atoms with E-state index < -0.39 is 10.0 Å². The van der Waals surface area contributed by atoms with Crippen molar-refractivity contribution in [2.45, 2.75) is 25.8 Å². The summed E-state index contributed by atoms with van der Waals surface area (Å²) in [7, 11) is -0.394. The highest BCUT2D eigenvalue weighted by Gasteiger charge is 2.22. The highest BCUT2D eigenvalue weighted by Crippen LogP contribution is 2.19. The first kappa shape index (κ1) is 23.4. The Balaban J connectivity index is 2.02. The van der Waals surface area contributed by atoms with Crippen LogP contribution in [0.3, 0.4) is 0 Å². The number of carbonyl (C=O) groups excluding carboxylic acids is 2. The number of anilines is 1. The number of nitrogens with zero attached hydrogens (tertiary/aromatic N) is 2. The Hall–Kier alpha value is -2.87. The van der Waals surface area contributed by atoms with Gasteiger partial charge in [-0.1, -0.05) is 30.3 Å². The first-order chi connectivity index (χ1) is 14.1. The fourth-order valence-electron chi connectivity index (χ4n) is 2.98. The Labute approximate surface area is 178 Å². The van der Waals surface area contributed by atoms with Crippen LogP contribution in [-0.4, -0.2) is 58.1 Å². The fraction of sp³-hybridized carbons (Fsp3) is 0.364. The van der Waals surface area contributed by atoms with Gasteiger partial charge in [-0.05, 0) is 49.6 Å². The number of sulfonamides is 1. The second-order valence-electron chi connectivity index (χ2n) is 7.51. The van der Waals surface area contributed by atoms with Gasteiger partial charge in [0.05, 0.1) is 11.9 Å². The number of amides is 2. The lowest BCUT2D eigenvalue weighted by Crippen LogP contribution is -2.43. The maximum absolute atomic E-state index is 12.5. The third kappa shape index (κ3) is 6.88. The van der Waals surface area contributed by atoms with Crippen molar-refractivity contribution in [3.05, 3.63) is 65.7 Å². The molecule has 0 aromatic heterocycles. The van der Waals surface area contributed by atoms with Crippen molar-refractivity contribution < 1.29 is 18.0 Å². The Morgan fingerprint density at radius 2 is 1.60 bits per heavy atom. The maximum Gasteiger partial charge on any atom is 0.253 e. The van der Waals surface area contributed by atoms with Gasteiger partial charge in [0.2, 0.25) is 15.9 Å². The predicted molar refractivity (Wildman–Crippen MR) is 119 cm³/mol. The summed E-state index contributed by atoms with van der Waals surface area (Å²) >= 11 is 0. The van der Waals surface area contributed by atoms with Gasteiger partial charge in [0.1, 0.15) is 6.54 Å². The topological polar surface area (TPSA) is 86.8 Å². The van der Waals surface area contributed by atoms with Crippen LogP contribution in [0.5, 0.6) is 0 Å². The maximum atomic E-state index is 12.5. The molecule has 7 nitrogen and oxygen atoms in total. The molecule has 1 atom stereocenters. The van der Waals surface area contributed by atoms with Crippen molar-refractivity contribution in [1.82, 2.24) is 10.2 Å². The normalized spacial score (nSPS) is 12.1. The second-order valence-corrected chi connectivity index (χ2v) is 9.42.